The molecule has 2 saturated heterocycles. The molecule has 5 rings (SSSR count). The fraction of sp³-hybridized carbons (Fsp3) is 0.385. The predicted octanol–water partition coefficient (Wildman–Crippen LogP) is 3.58. The lowest BCUT2D eigenvalue weighted by Crippen LogP contribution is -2.43. The van der Waals surface area contributed by atoms with Gasteiger partial charge >= 0.3 is 0 Å². The first-order chi connectivity index (χ1) is 16.5. The third-order valence-electron chi connectivity index (χ3n) is 6.85. The molecule has 0 spiro atoms. The summed E-state index contributed by atoms with van der Waals surface area (Å²) in [6.45, 7) is 2.15. The monoisotopic (exact) mass is 457 g/mol. The largest absolute Gasteiger partial charge is 0.368 e. The van der Waals surface area contributed by atoms with Gasteiger partial charge in [-0.05, 0) is 67.5 Å². The molecule has 2 aliphatic heterocycles. The number of amides is 2. The number of ether oxygens (including phenoxy) is 1. The summed E-state index contributed by atoms with van der Waals surface area (Å²) in [5.74, 6) is 0.125. The van der Waals surface area contributed by atoms with Crippen LogP contribution in [0.1, 0.15) is 53.2 Å². The number of nitriles is 1. The molecule has 2 amide bonds. The van der Waals surface area contributed by atoms with Gasteiger partial charge in [-0.15, -0.1) is 0 Å². The van der Waals surface area contributed by atoms with Crippen molar-refractivity contribution in [3.05, 3.63) is 59.5 Å². The van der Waals surface area contributed by atoms with Crippen molar-refractivity contribution in [2.24, 2.45) is 7.05 Å². The first-order valence-corrected chi connectivity index (χ1v) is 11.7. The summed E-state index contributed by atoms with van der Waals surface area (Å²) in [6.07, 6.45) is 6.95. The van der Waals surface area contributed by atoms with Crippen molar-refractivity contribution in [2.75, 3.05) is 25.0 Å². The molecule has 0 aliphatic carbocycles. The molecule has 0 bridgehead atoms. The number of hydrogen-bond acceptors (Lipinski definition) is 5. The van der Waals surface area contributed by atoms with Crippen LogP contribution in [-0.2, 0) is 16.6 Å². The van der Waals surface area contributed by atoms with Gasteiger partial charge in [0.15, 0.2) is 0 Å². The Morgan fingerprint density at radius 3 is 2.74 bits per heavy atom. The second-order valence-corrected chi connectivity index (χ2v) is 9.02. The molecule has 34 heavy (non-hydrogen) atoms. The first kappa shape index (κ1) is 22.1. The molecule has 1 aromatic carbocycles. The Hall–Kier alpha value is -3.70. The van der Waals surface area contributed by atoms with Gasteiger partial charge in [0, 0.05) is 55.7 Å². The Morgan fingerprint density at radius 1 is 1.18 bits per heavy atom. The van der Waals surface area contributed by atoms with E-state index in [1.54, 1.807) is 6.07 Å². The first-order valence-electron chi connectivity index (χ1n) is 11.7. The van der Waals surface area contributed by atoms with E-state index in [2.05, 4.69) is 21.1 Å². The molecule has 0 saturated carbocycles. The SMILES string of the molecule is Cn1cc(C2CCN(C(=O)C3CCCO3)CC2)c2cc(NC(=O)c3cc(C#N)ccn3)ccc21. The molecule has 0 radical (unpaired) electrons. The zero-order valence-electron chi connectivity index (χ0n) is 19.2. The number of aromatic nitrogens is 2. The average Bonchev–Trinajstić information content (AvgIpc) is 3.52. The molecular formula is C26H27N5O3. The standard InChI is InChI=1S/C26H27N5O3/c1-30-16-21(18-7-10-31(11-8-18)26(33)24-3-2-12-34-24)20-14-19(4-5-23(20)30)29-25(32)22-13-17(15-27)6-9-28-22/h4-6,9,13-14,16,18,24H,2-3,7-8,10-12H2,1H3,(H,29,32). The highest BCUT2D eigenvalue weighted by molar-refractivity contribution is 6.04. The van der Waals surface area contributed by atoms with Crippen LogP contribution in [0.2, 0.25) is 0 Å². The highest BCUT2D eigenvalue weighted by Gasteiger charge is 2.32. The molecule has 3 aromatic rings. The van der Waals surface area contributed by atoms with Crippen LogP contribution in [0.15, 0.2) is 42.7 Å². The number of carbonyl (C=O) groups excluding carboxylic acids is 2. The third-order valence-corrected chi connectivity index (χ3v) is 6.85. The number of likely N-dealkylation sites (tertiary alicyclic amines) is 1. The number of pyridine rings is 1. The van der Waals surface area contributed by atoms with Gasteiger partial charge in [-0.1, -0.05) is 0 Å². The minimum absolute atomic E-state index is 0.132. The maximum Gasteiger partial charge on any atom is 0.274 e. The van der Waals surface area contributed by atoms with Crippen LogP contribution in [0.25, 0.3) is 10.9 Å². The lowest BCUT2D eigenvalue weighted by atomic mass is 9.89. The van der Waals surface area contributed by atoms with Crippen LogP contribution in [0.5, 0.6) is 0 Å². The van der Waals surface area contributed by atoms with Crippen molar-refractivity contribution in [1.82, 2.24) is 14.5 Å². The highest BCUT2D eigenvalue weighted by atomic mass is 16.5. The zero-order valence-corrected chi connectivity index (χ0v) is 19.2. The number of nitrogens with one attached hydrogen (secondary N) is 1. The van der Waals surface area contributed by atoms with E-state index in [-0.39, 0.29) is 23.6 Å². The summed E-state index contributed by atoms with van der Waals surface area (Å²) >= 11 is 0. The van der Waals surface area contributed by atoms with Crippen molar-refractivity contribution in [3.63, 3.8) is 0 Å². The molecule has 1 unspecified atom stereocenters. The van der Waals surface area contributed by atoms with Gasteiger partial charge in [0.05, 0.1) is 11.6 Å². The third kappa shape index (κ3) is 4.27. The number of carbonyl (C=O) groups is 2. The number of fused-ring (bicyclic) bond motifs is 1. The summed E-state index contributed by atoms with van der Waals surface area (Å²) in [5, 5.41) is 13.1. The van der Waals surface area contributed by atoms with E-state index < -0.39 is 0 Å². The number of anilines is 1. The summed E-state index contributed by atoms with van der Waals surface area (Å²) < 4.78 is 7.69. The van der Waals surface area contributed by atoms with E-state index >= 15 is 0 Å². The molecule has 2 fully saturated rings. The molecule has 2 aromatic heterocycles. The van der Waals surface area contributed by atoms with E-state index in [1.165, 1.54) is 17.8 Å². The van der Waals surface area contributed by atoms with Crippen molar-refractivity contribution in [1.29, 1.82) is 5.26 Å². The van der Waals surface area contributed by atoms with E-state index in [4.69, 9.17) is 10.00 Å². The quantitative estimate of drug-likeness (QED) is 0.645. The Kier molecular flexibility index (Phi) is 6.03. The smallest absolute Gasteiger partial charge is 0.274 e. The number of hydrogen-bond donors (Lipinski definition) is 1. The summed E-state index contributed by atoms with van der Waals surface area (Å²) in [6, 6.07) is 11.0. The minimum Gasteiger partial charge on any atom is -0.368 e. The van der Waals surface area contributed by atoms with Gasteiger partial charge in [0.2, 0.25) is 0 Å². The number of aryl methyl sites for hydroxylation is 1. The second-order valence-electron chi connectivity index (χ2n) is 9.02. The number of nitrogens with zero attached hydrogens (tertiary/aromatic N) is 4. The molecule has 1 atom stereocenters. The summed E-state index contributed by atoms with van der Waals surface area (Å²) in [5.41, 5.74) is 3.61. The topological polar surface area (TPSA) is 100 Å². The lowest BCUT2D eigenvalue weighted by molar-refractivity contribution is -0.142. The number of benzene rings is 1. The Labute approximate surface area is 198 Å². The highest BCUT2D eigenvalue weighted by Crippen LogP contribution is 2.36. The van der Waals surface area contributed by atoms with Gasteiger partial charge in [-0.25, -0.2) is 0 Å². The Bertz CT molecular complexity index is 1280. The van der Waals surface area contributed by atoms with E-state index in [0.29, 0.717) is 23.8 Å². The average molecular weight is 458 g/mol. The molecule has 174 valence electrons. The van der Waals surface area contributed by atoms with Gasteiger partial charge in [0.1, 0.15) is 11.8 Å². The minimum atomic E-state index is -0.352. The van der Waals surface area contributed by atoms with E-state index in [0.717, 1.165) is 49.7 Å². The summed E-state index contributed by atoms with van der Waals surface area (Å²) in [7, 11) is 2.03. The predicted molar refractivity (Wildman–Crippen MR) is 127 cm³/mol. The number of piperidine rings is 1. The zero-order chi connectivity index (χ0) is 23.7. The number of rotatable bonds is 4. The van der Waals surface area contributed by atoms with Crippen LogP contribution in [0, 0.1) is 11.3 Å². The van der Waals surface area contributed by atoms with Crippen molar-refractivity contribution < 1.29 is 14.3 Å². The fourth-order valence-electron chi connectivity index (χ4n) is 5.03. The van der Waals surface area contributed by atoms with Gasteiger partial charge in [-0.3, -0.25) is 14.6 Å². The summed E-state index contributed by atoms with van der Waals surface area (Å²) in [4.78, 5) is 31.4. The molecule has 4 heterocycles. The van der Waals surface area contributed by atoms with Crippen molar-refractivity contribution in [2.45, 2.75) is 37.7 Å². The van der Waals surface area contributed by atoms with Crippen LogP contribution >= 0.6 is 0 Å². The normalized spacial score (nSPS) is 18.7. The molecule has 8 nitrogen and oxygen atoms in total. The van der Waals surface area contributed by atoms with Crippen molar-refractivity contribution in [3.8, 4) is 6.07 Å². The lowest BCUT2D eigenvalue weighted by Gasteiger charge is -2.33. The van der Waals surface area contributed by atoms with E-state index in [1.807, 2.05) is 36.2 Å². The van der Waals surface area contributed by atoms with Gasteiger partial charge < -0.3 is 19.5 Å². The van der Waals surface area contributed by atoms with Gasteiger partial charge in [-0.2, -0.15) is 5.26 Å². The maximum atomic E-state index is 12.7. The van der Waals surface area contributed by atoms with Gasteiger partial charge in [0.25, 0.3) is 11.8 Å². The van der Waals surface area contributed by atoms with Crippen LogP contribution in [-0.4, -0.2) is 52.1 Å². The molecule has 1 N–H and O–H groups in total. The van der Waals surface area contributed by atoms with Crippen molar-refractivity contribution >= 4 is 28.4 Å². The molecule has 2 aliphatic rings. The fourth-order valence-corrected chi connectivity index (χ4v) is 5.03. The Morgan fingerprint density at radius 2 is 2.00 bits per heavy atom. The van der Waals surface area contributed by atoms with Crippen LogP contribution < -0.4 is 5.32 Å². The second kappa shape index (κ2) is 9.27. The van der Waals surface area contributed by atoms with Crippen LogP contribution in [0.4, 0.5) is 5.69 Å². The Balaban J connectivity index is 1.32. The van der Waals surface area contributed by atoms with Crippen LogP contribution in [0.3, 0.4) is 0 Å². The molecule has 8 heteroatoms. The maximum absolute atomic E-state index is 12.7. The molecular weight excluding hydrogens is 430 g/mol. The van der Waals surface area contributed by atoms with E-state index in [9.17, 15) is 9.59 Å².